The van der Waals surface area contributed by atoms with E-state index in [0.717, 1.165) is 49.8 Å². The molecule has 0 radical (unpaired) electrons. The Labute approximate surface area is 175 Å². The van der Waals surface area contributed by atoms with Gasteiger partial charge in [0.15, 0.2) is 0 Å². The number of anilines is 1. The summed E-state index contributed by atoms with van der Waals surface area (Å²) in [6.07, 6.45) is 0. The van der Waals surface area contributed by atoms with Crippen LogP contribution in [0.3, 0.4) is 0 Å². The van der Waals surface area contributed by atoms with Gasteiger partial charge in [-0.15, -0.1) is 0 Å². The zero-order valence-electron chi connectivity index (χ0n) is 16.6. The summed E-state index contributed by atoms with van der Waals surface area (Å²) in [4.78, 5) is 16.6. The minimum atomic E-state index is -0.500. The number of piperazine rings is 1. The summed E-state index contributed by atoms with van der Waals surface area (Å²) in [5, 5.41) is 2.97. The van der Waals surface area contributed by atoms with E-state index in [9.17, 15) is 9.18 Å². The Balaban J connectivity index is 1.50. The first-order valence-electron chi connectivity index (χ1n) is 9.39. The maximum atomic E-state index is 13.8. The molecular weight excluding hydrogens is 397 g/mol. The van der Waals surface area contributed by atoms with Crippen molar-refractivity contribution in [1.82, 2.24) is 9.80 Å². The van der Waals surface area contributed by atoms with Crippen LogP contribution in [0.2, 0.25) is 5.02 Å². The first-order valence-corrected chi connectivity index (χ1v) is 9.77. The Morgan fingerprint density at radius 2 is 1.79 bits per heavy atom. The van der Waals surface area contributed by atoms with Crippen LogP contribution in [0.25, 0.3) is 0 Å². The van der Waals surface area contributed by atoms with Crippen LogP contribution in [-0.4, -0.2) is 62.7 Å². The van der Waals surface area contributed by atoms with E-state index in [1.54, 1.807) is 14.2 Å². The number of nitrogens with one attached hydrogen (secondary N) is 1. The second kappa shape index (κ2) is 9.91. The SMILES string of the molecule is COc1ccc(OC)c(CN2CCN(CC(=O)Nc3cc(Cl)ccc3F)CC2)c1. The summed E-state index contributed by atoms with van der Waals surface area (Å²) in [5.74, 6) is 0.870. The summed E-state index contributed by atoms with van der Waals surface area (Å²) < 4.78 is 24.5. The topological polar surface area (TPSA) is 54.0 Å². The molecule has 8 heteroatoms. The van der Waals surface area contributed by atoms with Gasteiger partial charge in [-0.1, -0.05) is 11.6 Å². The molecule has 0 aliphatic carbocycles. The van der Waals surface area contributed by atoms with Crippen molar-refractivity contribution in [3.8, 4) is 11.5 Å². The van der Waals surface area contributed by atoms with Crippen LogP contribution in [0.1, 0.15) is 5.56 Å². The second-order valence-electron chi connectivity index (χ2n) is 6.90. The predicted molar refractivity (Wildman–Crippen MR) is 111 cm³/mol. The first kappa shape index (κ1) is 21.4. The highest BCUT2D eigenvalue weighted by molar-refractivity contribution is 6.30. The summed E-state index contributed by atoms with van der Waals surface area (Å²) >= 11 is 5.86. The molecular formula is C21H25ClFN3O3. The van der Waals surface area contributed by atoms with Crippen LogP contribution in [0, 0.1) is 5.82 Å². The molecule has 1 aliphatic heterocycles. The number of methoxy groups -OCH3 is 2. The lowest BCUT2D eigenvalue weighted by Crippen LogP contribution is -2.48. The molecule has 3 rings (SSSR count). The largest absolute Gasteiger partial charge is 0.497 e. The van der Waals surface area contributed by atoms with Gasteiger partial charge in [0.2, 0.25) is 5.91 Å². The molecule has 0 spiro atoms. The number of halogens is 2. The monoisotopic (exact) mass is 421 g/mol. The molecule has 6 nitrogen and oxygen atoms in total. The average molecular weight is 422 g/mol. The zero-order valence-corrected chi connectivity index (χ0v) is 17.3. The van der Waals surface area contributed by atoms with Gasteiger partial charge in [0.05, 0.1) is 26.5 Å². The van der Waals surface area contributed by atoms with Crippen molar-refractivity contribution in [3.05, 3.63) is 52.8 Å². The van der Waals surface area contributed by atoms with E-state index < -0.39 is 5.82 Å². The highest BCUT2D eigenvalue weighted by atomic mass is 35.5. The molecule has 1 saturated heterocycles. The van der Waals surface area contributed by atoms with E-state index >= 15 is 0 Å². The van der Waals surface area contributed by atoms with E-state index in [1.165, 1.54) is 18.2 Å². The summed E-state index contributed by atoms with van der Waals surface area (Å²) in [5.41, 5.74) is 1.17. The van der Waals surface area contributed by atoms with Crippen molar-refractivity contribution in [3.63, 3.8) is 0 Å². The van der Waals surface area contributed by atoms with E-state index in [2.05, 4.69) is 15.1 Å². The Hall–Kier alpha value is -2.35. The highest BCUT2D eigenvalue weighted by Crippen LogP contribution is 2.25. The molecule has 1 amide bonds. The van der Waals surface area contributed by atoms with E-state index in [1.807, 2.05) is 18.2 Å². The fraction of sp³-hybridized carbons (Fsp3) is 0.381. The molecule has 1 aliphatic rings. The van der Waals surface area contributed by atoms with Crippen molar-refractivity contribution >= 4 is 23.2 Å². The average Bonchev–Trinajstić information content (AvgIpc) is 2.72. The third-order valence-corrected chi connectivity index (χ3v) is 5.15. The number of benzene rings is 2. The Morgan fingerprint density at radius 3 is 2.48 bits per heavy atom. The molecule has 0 unspecified atom stereocenters. The molecule has 0 saturated carbocycles. The molecule has 0 bridgehead atoms. The van der Waals surface area contributed by atoms with Crippen LogP contribution >= 0.6 is 11.6 Å². The van der Waals surface area contributed by atoms with E-state index in [-0.39, 0.29) is 18.1 Å². The van der Waals surface area contributed by atoms with Gasteiger partial charge in [0, 0.05) is 43.3 Å². The van der Waals surface area contributed by atoms with Crippen LogP contribution < -0.4 is 14.8 Å². The zero-order chi connectivity index (χ0) is 20.8. The molecule has 1 heterocycles. The first-order chi connectivity index (χ1) is 14.0. The third kappa shape index (κ3) is 5.82. The number of ether oxygens (including phenoxy) is 2. The number of rotatable bonds is 7. The van der Waals surface area contributed by atoms with Gasteiger partial charge in [0.25, 0.3) is 0 Å². The summed E-state index contributed by atoms with van der Waals surface area (Å²) in [7, 11) is 3.30. The number of carbonyl (C=O) groups excluding carboxylic acids is 1. The molecule has 0 aromatic heterocycles. The number of nitrogens with zero attached hydrogens (tertiary/aromatic N) is 2. The van der Waals surface area contributed by atoms with Gasteiger partial charge in [0.1, 0.15) is 17.3 Å². The van der Waals surface area contributed by atoms with Crippen LogP contribution in [0.5, 0.6) is 11.5 Å². The maximum absolute atomic E-state index is 13.8. The standard InChI is InChI=1S/C21H25ClFN3O3/c1-28-17-4-6-20(29-2)15(11-17)13-25-7-9-26(10-8-25)14-21(27)24-19-12-16(22)3-5-18(19)23/h3-6,11-12H,7-10,13-14H2,1-2H3,(H,24,27). The van der Waals surface area contributed by atoms with Crippen LogP contribution in [0.4, 0.5) is 10.1 Å². The molecule has 29 heavy (non-hydrogen) atoms. The quantitative estimate of drug-likeness (QED) is 0.743. The number of amides is 1. The number of hydrogen-bond acceptors (Lipinski definition) is 5. The number of hydrogen-bond donors (Lipinski definition) is 1. The maximum Gasteiger partial charge on any atom is 0.238 e. The lowest BCUT2D eigenvalue weighted by atomic mass is 10.1. The van der Waals surface area contributed by atoms with Gasteiger partial charge in [-0.25, -0.2) is 4.39 Å². The lowest BCUT2D eigenvalue weighted by Gasteiger charge is -2.34. The van der Waals surface area contributed by atoms with Crippen molar-refractivity contribution in [2.24, 2.45) is 0 Å². The minimum absolute atomic E-state index is 0.103. The van der Waals surface area contributed by atoms with Crippen molar-refractivity contribution < 1.29 is 18.7 Å². The summed E-state index contributed by atoms with van der Waals surface area (Å²) in [6, 6.07) is 9.87. The Bertz CT molecular complexity index is 857. The van der Waals surface area contributed by atoms with Gasteiger partial charge in [-0.2, -0.15) is 0 Å². The Morgan fingerprint density at radius 1 is 1.07 bits per heavy atom. The summed E-state index contributed by atoms with van der Waals surface area (Å²) in [6.45, 7) is 4.09. The van der Waals surface area contributed by atoms with Crippen LogP contribution in [0.15, 0.2) is 36.4 Å². The molecule has 156 valence electrons. The van der Waals surface area contributed by atoms with Gasteiger partial charge in [-0.05, 0) is 36.4 Å². The molecule has 1 fully saturated rings. The normalized spacial score (nSPS) is 15.2. The smallest absolute Gasteiger partial charge is 0.238 e. The fourth-order valence-electron chi connectivity index (χ4n) is 3.34. The van der Waals surface area contributed by atoms with Crippen molar-refractivity contribution in [1.29, 1.82) is 0 Å². The highest BCUT2D eigenvalue weighted by Gasteiger charge is 2.20. The third-order valence-electron chi connectivity index (χ3n) is 4.92. The van der Waals surface area contributed by atoms with E-state index in [4.69, 9.17) is 21.1 Å². The molecule has 0 atom stereocenters. The predicted octanol–water partition coefficient (Wildman–Crippen LogP) is 3.25. The molecule has 2 aromatic carbocycles. The minimum Gasteiger partial charge on any atom is -0.497 e. The fourth-order valence-corrected chi connectivity index (χ4v) is 3.51. The van der Waals surface area contributed by atoms with Crippen molar-refractivity contribution in [2.75, 3.05) is 52.3 Å². The van der Waals surface area contributed by atoms with E-state index in [0.29, 0.717) is 5.02 Å². The van der Waals surface area contributed by atoms with Crippen molar-refractivity contribution in [2.45, 2.75) is 6.54 Å². The lowest BCUT2D eigenvalue weighted by molar-refractivity contribution is -0.117. The molecule has 2 aromatic rings. The molecule has 1 N–H and O–H groups in total. The Kier molecular flexibility index (Phi) is 7.30. The van der Waals surface area contributed by atoms with Gasteiger partial charge >= 0.3 is 0 Å². The van der Waals surface area contributed by atoms with Crippen LogP contribution in [-0.2, 0) is 11.3 Å². The number of carbonyl (C=O) groups is 1. The second-order valence-corrected chi connectivity index (χ2v) is 7.34. The van der Waals surface area contributed by atoms with Gasteiger partial charge in [-0.3, -0.25) is 14.6 Å². The van der Waals surface area contributed by atoms with Gasteiger partial charge < -0.3 is 14.8 Å².